The van der Waals surface area contributed by atoms with Crippen LogP contribution in [0.3, 0.4) is 0 Å². The third-order valence-corrected chi connectivity index (χ3v) is 7.06. The van der Waals surface area contributed by atoms with Crippen LogP contribution in [0.5, 0.6) is 17.2 Å². The minimum Gasteiger partial charge on any atom is -0.502 e. The van der Waals surface area contributed by atoms with Crippen LogP contribution < -0.4 is 9.47 Å². The monoisotopic (exact) mass is 437 g/mol. The second kappa shape index (κ2) is 10.8. The molecule has 0 amide bonds. The zero-order chi connectivity index (χ0) is 22.3. The molecule has 1 aromatic carbocycles. The van der Waals surface area contributed by atoms with Crippen molar-refractivity contribution in [1.82, 2.24) is 4.98 Å². The zero-order valence-corrected chi connectivity index (χ0v) is 19.4. The highest BCUT2D eigenvalue weighted by atomic mass is 31.2. The molecule has 0 aliphatic rings. The van der Waals surface area contributed by atoms with Gasteiger partial charge in [0, 0.05) is 12.4 Å². The average Bonchev–Trinajstić information content (AvgIpc) is 2.68. The summed E-state index contributed by atoms with van der Waals surface area (Å²) in [6.45, 7) is 7.35. The standard InChI is InChI=1S/C22H32NO6P/c1-15(2)28-30(25,29-16(3)4)19(10-17-8-7-9-23-14-17)11-18-12-20(26-5)22(24)21(13-18)27-6/h7-9,12-16,19,24H,10-11H2,1-6H3. The fraction of sp³-hybridized carbons (Fsp3) is 0.500. The molecule has 2 aromatic rings. The summed E-state index contributed by atoms with van der Waals surface area (Å²) in [5.41, 5.74) is 1.25. The Labute approximate surface area is 178 Å². The molecule has 1 heterocycles. The van der Waals surface area contributed by atoms with E-state index in [9.17, 15) is 9.67 Å². The van der Waals surface area contributed by atoms with Crippen molar-refractivity contribution >= 4 is 7.60 Å². The van der Waals surface area contributed by atoms with Gasteiger partial charge in [-0.3, -0.25) is 9.55 Å². The maximum absolute atomic E-state index is 13.9. The highest BCUT2D eigenvalue weighted by Gasteiger charge is 2.38. The summed E-state index contributed by atoms with van der Waals surface area (Å²) < 4.78 is 36.3. The molecule has 1 atom stereocenters. The molecule has 166 valence electrons. The highest BCUT2D eigenvalue weighted by molar-refractivity contribution is 7.54. The van der Waals surface area contributed by atoms with Crippen LogP contribution >= 0.6 is 7.60 Å². The van der Waals surface area contributed by atoms with E-state index in [4.69, 9.17) is 18.5 Å². The number of benzene rings is 1. The molecule has 1 N–H and O–H groups in total. The lowest BCUT2D eigenvalue weighted by molar-refractivity contribution is 0.136. The molecule has 0 saturated carbocycles. The summed E-state index contributed by atoms with van der Waals surface area (Å²) in [7, 11) is -0.559. The normalized spacial score (nSPS) is 12.9. The van der Waals surface area contributed by atoms with Gasteiger partial charge in [0.25, 0.3) is 0 Å². The van der Waals surface area contributed by atoms with Crippen LogP contribution in [0.4, 0.5) is 0 Å². The first-order chi connectivity index (χ1) is 14.2. The van der Waals surface area contributed by atoms with Crippen LogP contribution in [0.2, 0.25) is 0 Å². The third-order valence-electron chi connectivity index (χ3n) is 4.37. The summed E-state index contributed by atoms with van der Waals surface area (Å²) in [4.78, 5) is 4.17. The van der Waals surface area contributed by atoms with Crippen molar-refractivity contribution < 1.29 is 28.2 Å². The minimum absolute atomic E-state index is 0.0763. The van der Waals surface area contributed by atoms with Crippen molar-refractivity contribution in [3.05, 3.63) is 47.8 Å². The van der Waals surface area contributed by atoms with Gasteiger partial charge in [-0.2, -0.15) is 0 Å². The fourth-order valence-electron chi connectivity index (χ4n) is 3.21. The maximum Gasteiger partial charge on any atom is 0.334 e. The summed E-state index contributed by atoms with van der Waals surface area (Å²) in [5, 5.41) is 10.2. The second-order valence-corrected chi connectivity index (χ2v) is 9.85. The van der Waals surface area contributed by atoms with E-state index in [-0.39, 0.29) is 29.5 Å². The van der Waals surface area contributed by atoms with Gasteiger partial charge in [-0.15, -0.1) is 0 Å². The van der Waals surface area contributed by atoms with Crippen LogP contribution in [0.25, 0.3) is 0 Å². The molecule has 0 saturated heterocycles. The molecule has 7 nitrogen and oxygen atoms in total. The van der Waals surface area contributed by atoms with E-state index in [1.54, 1.807) is 24.5 Å². The van der Waals surface area contributed by atoms with Crippen molar-refractivity contribution in [1.29, 1.82) is 0 Å². The largest absolute Gasteiger partial charge is 0.502 e. The summed E-state index contributed by atoms with van der Waals surface area (Å²) in [5.74, 6) is 0.496. The van der Waals surface area contributed by atoms with Gasteiger partial charge >= 0.3 is 7.60 Å². The second-order valence-electron chi connectivity index (χ2n) is 7.62. The number of phenolic OH excluding ortho intramolecular Hbond substituents is 1. The van der Waals surface area contributed by atoms with E-state index < -0.39 is 13.3 Å². The lowest BCUT2D eigenvalue weighted by Gasteiger charge is -2.30. The lowest BCUT2D eigenvalue weighted by atomic mass is 10.0. The molecule has 1 aromatic heterocycles. The Hall–Kier alpha value is -2.08. The van der Waals surface area contributed by atoms with Gasteiger partial charge in [-0.05, 0) is 69.9 Å². The molecule has 30 heavy (non-hydrogen) atoms. The number of aromatic nitrogens is 1. The Morgan fingerprint density at radius 1 is 0.967 bits per heavy atom. The van der Waals surface area contributed by atoms with Crippen LogP contribution in [-0.2, 0) is 26.5 Å². The molecule has 1 unspecified atom stereocenters. The number of hydrogen-bond acceptors (Lipinski definition) is 7. The molecule has 0 aliphatic carbocycles. The maximum atomic E-state index is 13.9. The van der Waals surface area contributed by atoms with E-state index >= 15 is 0 Å². The zero-order valence-electron chi connectivity index (χ0n) is 18.5. The van der Waals surface area contributed by atoms with Gasteiger partial charge < -0.3 is 23.6 Å². The lowest BCUT2D eigenvalue weighted by Crippen LogP contribution is -2.23. The first-order valence-electron chi connectivity index (χ1n) is 9.97. The first kappa shape index (κ1) is 24.2. The molecule has 8 heteroatoms. The predicted octanol–water partition coefficient (Wildman–Crippen LogP) is 5.00. The molecular weight excluding hydrogens is 405 g/mol. The van der Waals surface area contributed by atoms with E-state index in [0.29, 0.717) is 12.8 Å². The van der Waals surface area contributed by atoms with Gasteiger partial charge in [0.1, 0.15) is 0 Å². The Balaban J connectivity index is 2.48. The molecule has 0 radical (unpaired) electrons. The molecule has 0 fully saturated rings. The Bertz CT molecular complexity index is 817. The van der Waals surface area contributed by atoms with E-state index in [0.717, 1.165) is 11.1 Å². The molecule has 2 rings (SSSR count). The number of nitrogens with zero attached hydrogens (tertiary/aromatic N) is 1. The highest BCUT2D eigenvalue weighted by Crippen LogP contribution is 2.57. The molecule has 0 aliphatic heterocycles. The fourth-order valence-corrected chi connectivity index (χ4v) is 5.65. The Morgan fingerprint density at radius 2 is 1.50 bits per heavy atom. The van der Waals surface area contributed by atoms with Gasteiger partial charge in [0.05, 0.1) is 32.1 Å². The number of pyridine rings is 1. The van der Waals surface area contributed by atoms with Crippen molar-refractivity contribution in [3.8, 4) is 17.2 Å². The van der Waals surface area contributed by atoms with Crippen LogP contribution in [0, 0.1) is 0 Å². The summed E-state index contributed by atoms with van der Waals surface area (Å²) in [6, 6.07) is 7.20. The number of ether oxygens (including phenoxy) is 2. The molecular formula is C22H32NO6P. The van der Waals surface area contributed by atoms with Gasteiger partial charge in [-0.25, -0.2) is 0 Å². The number of aromatic hydroxyl groups is 1. The SMILES string of the molecule is COc1cc(CC(Cc2cccnc2)P(=O)(OC(C)C)OC(C)C)cc(OC)c1O. The summed E-state index contributed by atoms with van der Waals surface area (Å²) >= 11 is 0. The number of phenols is 1. The van der Waals surface area contributed by atoms with Crippen LogP contribution in [0.1, 0.15) is 38.8 Å². The smallest absolute Gasteiger partial charge is 0.334 e. The quantitative estimate of drug-likeness (QED) is 0.495. The predicted molar refractivity (Wildman–Crippen MR) is 117 cm³/mol. The number of rotatable bonds is 11. The van der Waals surface area contributed by atoms with Gasteiger partial charge in [0.2, 0.25) is 5.75 Å². The van der Waals surface area contributed by atoms with Gasteiger partial charge in [0.15, 0.2) is 11.5 Å². The topological polar surface area (TPSA) is 87.1 Å². The van der Waals surface area contributed by atoms with Crippen molar-refractivity contribution in [2.45, 2.75) is 58.4 Å². The molecule has 0 spiro atoms. The number of hydrogen-bond donors (Lipinski definition) is 1. The van der Waals surface area contributed by atoms with Crippen molar-refractivity contribution in [3.63, 3.8) is 0 Å². The van der Waals surface area contributed by atoms with Crippen LogP contribution in [-0.4, -0.2) is 42.2 Å². The first-order valence-corrected chi connectivity index (χ1v) is 11.6. The minimum atomic E-state index is -3.50. The summed E-state index contributed by atoms with van der Waals surface area (Å²) in [6.07, 6.45) is 3.74. The van der Waals surface area contributed by atoms with E-state index in [2.05, 4.69) is 4.98 Å². The van der Waals surface area contributed by atoms with Gasteiger partial charge in [-0.1, -0.05) is 6.07 Å². The third kappa shape index (κ3) is 6.46. The van der Waals surface area contributed by atoms with Crippen LogP contribution in [0.15, 0.2) is 36.7 Å². The van der Waals surface area contributed by atoms with E-state index in [1.807, 2.05) is 39.8 Å². The van der Waals surface area contributed by atoms with Crippen molar-refractivity contribution in [2.24, 2.45) is 0 Å². The number of methoxy groups -OCH3 is 2. The van der Waals surface area contributed by atoms with E-state index in [1.165, 1.54) is 14.2 Å². The molecule has 0 bridgehead atoms. The Kier molecular flexibility index (Phi) is 8.71. The Morgan fingerprint density at radius 3 is 1.93 bits per heavy atom. The van der Waals surface area contributed by atoms with Crippen molar-refractivity contribution in [2.75, 3.05) is 14.2 Å². The average molecular weight is 437 g/mol.